The van der Waals surface area contributed by atoms with Crippen molar-refractivity contribution >= 4 is 0 Å². The molecule has 0 aliphatic rings. The van der Waals surface area contributed by atoms with Gasteiger partial charge in [0.25, 0.3) is 0 Å². The summed E-state index contributed by atoms with van der Waals surface area (Å²) in [5.41, 5.74) is 7.65. The molecule has 1 aromatic carbocycles. The average Bonchev–Trinajstić information content (AvgIpc) is 2.39. The molecule has 2 N–H and O–H groups in total. The summed E-state index contributed by atoms with van der Waals surface area (Å²) in [4.78, 5) is 8.29. The third-order valence-corrected chi connectivity index (χ3v) is 2.86. The number of benzene rings is 1. The molecule has 100 valence electrons. The highest BCUT2D eigenvalue weighted by Gasteiger charge is 2.13. The van der Waals surface area contributed by atoms with Crippen molar-refractivity contribution in [3.8, 4) is 11.6 Å². The molecule has 0 bridgehead atoms. The minimum atomic E-state index is 0.132. The fourth-order valence-corrected chi connectivity index (χ4v) is 1.71. The first kappa shape index (κ1) is 13.5. The Hall–Kier alpha value is -1.94. The molecular formula is C15H19N3O. The summed E-state index contributed by atoms with van der Waals surface area (Å²) in [6, 6.07) is 8.01. The second kappa shape index (κ2) is 5.36. The Morgan fingerprint density at radius 3 is 2.26 bits per heavy atom. The minimum absolute atomic E-state index is 0.132. The van der Waals surface area contributed by atoms with E-state index in [1.54, 1.807) is 12.4 Å². The first-order valence-corrected chi connectivity index (χ1v) is 6.29. The number of nitrogens with two attached hydrogens (primary N) is 1. The molecule has 1 heterocycles. The Morgan fingerprint density at radius 2 is 1.68 bits per heavy atom. The van der Waals surface area contributed by atoms with Gasteiger partial charge in [-0.25, -0.2) is 4.98 Å². The lowest BCUT2D eigenvalue weighted by Crippen LogP contribution is -2.10. The van der Waals surface area contributed by atoms with E-state index in [9.17, 15) is 0 Å². The monoisotopic (exact) mass is 257 g/mol. The van der Waals surface area contributed by atoms with Crippen LogP contribution in [0.15, 0.2) is 36.7 Å². The van der Waals surface area contributed by atoms with Gasteiger partial charge in [0.15, 0.2) is 0 Å². The molecule has 19 heavy (non-hydrogen) atoms. The molecule has 4 heteroatoms. The van der Waals surface area contributed by atoms with E-state index in [0.29, 0.717) is 18.1 Å². The van der Waals surface area contributed by atoms with Gasteiger partial charge in [-0.3, -0.25) is 4.98 Å². The molecule has 2 aromatic rings. The Bertz CT molecular complexity index is 544. The van der Waals surface area contributed by atoms with Gasteiger partial charge in [0, 0.05) is 18.9 Å². The molecule has 0 radical (unpaired) electrons. The molecule has 0 saturated heterocycles. The molecule has 2 rings (SSSR count). The normalized spacial score (nSPS) is 11.4. The molecule has 0 saturated carbocycles. The zero-order valence-electron chi connectivity index (χ0n) is 11.6. The maximum atomic E-state index is 5.71. The van der Waals surface area contributed by atoms with E-state index in [2.05, 4.69) is 42.9 Å². The molecule has 0 fully saturated rings. The van der Waals surface area contributed by atoms with Gasteiger partial charge in [-0.05, 0) is 23.1 Å². The number of hydrogen-bond donors (Lipinski definition) is 1. The molecule has 0 atom stereocenters. The van der Waals surface area contributed by atoms with Crippen LogP contribution in [0.5, 0.6) is 11.6 Å². The van der Waals surface area contributed by atoms with E-state index in [4.69, 9.17) is 10.5 Å². The van der Waals surface area contributed by atoms with Gasteiger partial charge in [-0.2, -0.15) is 0 Å². The number of rotatable bonds is 3. The molecule has 1 aromatic heterocycles. The van der Waals surface area contributed by atoms with Crippen molar-refractivity contribution in [1.29, 1.82) is 0 Å². The van der Waals surface area contributed by atoms with Gasteiger partial charge in [0.2, 0.25) is 5.88 Å². The van der Waals surface area contributed by atoms with Gasteiger partial charge >= 0.3 is 0 Å². The van der Waals surface area contributed by atoms with Gasteiger partial charge in [-0.15, -0.1) is 0 Å². The highest BCUT2D eigenvalue weighted by Crippen LogP contribution is 2.26. The van der Waals surface area contributed by atoms with Crippen LogP contribution in [-0.2, 0) is 12.0 Å². The summed E-state index contributed by atoms with van der Waals surface area (Å²) in [6.45, 7) is 6.84. The summed E-state index contributed by atoms with van der Waals surface area (Å²) in [5, 5.41) is 0. The van der Waals surface area contributed by atoms with E-state index in [-0.39, 0.29) is 5.41 Å². The quantitative estimate of drug-likeness (QED) is 0.918. The van der Waals surface area contributed by atoms with Crippen LogP contribution in [0.1, 0.15) is 32.0 Å². The molecule has 4 nitrogen and oxygen atoms in total. The minimum Gasteiger partial charge on any atom is -0.437 e. The van der Waals surface area contributed by atoms with Crippen molar-refractivity contribution in [3.05, 3.63) is 47.9 Å². The van der Waals surface area contributed by atoms with Crippen LogP contribution < -0.4 is 10.5 Å². The maximum absolute atomic E-state index is 5.71. The Labute approximate surface area is 113 Å². The lowest BCUT2D eigenvalue weighted by atomic mass is 9.87. The SMILES string of the molecule is CC(C)(C)c1ccc(Oc2nccnc2CN)cc1. The standard InChI is InChI=1S/C15H19N3O/c1-15(2,3)11-4-6-12(7-5-11)19-14-13(10-16)17-8-9-18-14/h4-9H,10,16H2,1-3H3. The molecular weight excluding hydrogens is 238 g/mol. The van der Waals surface area contributed by atoms with Crippen LogP contribution in [0.25, 0.3) is 0 Å². The smallest absolute Gasteiger partial charge is 0.242 e. The fourth-order valence-electron chi connectivity index (χ4n) is 1.71. The number of hydrogen-bond acceptors (Lipinski definition) is 4. The summed E-state index contributed by atoms with van der Waals surface area (Å²) >= 11 is 0. The highest BCUT2D eigenvalue weighted by atomic mass is 16.5. The van der Waals surface area contributed by atoms with Crippen LogP contribution in [-0.4, -0.2) is 9.97 Å². The first-order chi connectivity index (χ1) is 9.00. The second-order valence-corrected chi connectivity index (χ2v) is 5.39. The van der Waals surface area contributed by atoms with E-state index in [1.165, 1.54) is 5.56 Å². The summed E-state index contributed by atoms with van der Waals surface area (Å²) in [6.07, 6.45) is 3.20. The maximum Gasteiger partial charge on any atom is 0.242 e. The molecule has 0 aliphatic heterocycles. The second-order valence-electron chi connectivity index (χ2n) is 5.39. The lowest BCUT2D eigenvalue weighted by molar-refractivity contribution is 0.451. The third kappa shape index (κ3) is 3.29. The predicted octanol–water partition coefficient (Wildman–Crippen LogP) is 3.03. The van der Waals surface area contributed by atoms with Gasteiger partial charge in [-0.1, -0.05) is 32.9 Å². The van der Waals surface area contributed by atoms with Crippen LogP contribution in [0, 0.1) is 0 Å². The Kier molecular flexibility index (Phi) is 3.81. The van der Waals surface area contributed by atoms with E-state index in [1.807, 2.05) is 12.1 Å². The predicted molar refractivity (Wildman–Crippen MR) is 75.1 cm³/mol. The van der Waals surface area contributed by atoms with Crippen LogP contribution in [0.3, 0.4) is 0 Å². The lowest BCUT2D eigenvalue weighted by Gasteiger charge is -2.19. The van der Waals surface area contributed by atoms with Crippen molar-refractivity contribution in [1.82, 2.24) is 9.97 Å². The molecule has 0 unspecified atom stereocenters. The Morgan fingerprint density at radius 1 is 1.05 bits per heavy atom. The van der Waals surface area contributed by atoms with Crippen molar-refractivity contribution < 1.29 is 4.74 Å². The van der Waals surface area contributed by atoms with Crippen molar-refractivity contribution in [3.63, 3.8) is 0 Å². The number of nitrogens with zero attached hydrogens (tertiary/aromatic N) is 2. The zero-order valence-corrected chi connectivity index (χ0v) is 11.6. The van der Waals surface area contributed by atoms with E-state index in [0.717, 1.165) is 5.75 Å². The van der Waals surface area contributed by atoms with Crippen LogP contribution in [0.2, 0.25) is 0 Å². The van der Waals surface area contributed by atoms with Crippen molar-refractivity contribution in [2.75, 3.05) is 0 Å². The topological polar surface area (TPSA) is 61.0 Å². The molecule has 0 spiro atoms. The van der Waals surface area contributed by atoms with Crippen molar-refractivity contribution in [2.24, 2.45) is 5.73 Å². The Balaban J connectivity index is 2.20. The molecule has 0 aliphatic carbocycles. The molecule has 0 amide bonds. The first-order valence-electron chi connectivity index (χ1n) is 6.29. The number of aromatic nitrogens is 2. The van der Waals surface area contributed by atoms with Crippen LogP contribution >= 0.6 is 0 Å². The summed E-state index contributed by atoms with van der Waals surface area (Å²) in [5.74, 6) is 1.21. The largest absolute Gasteiger partial charge is 0.437 e. The van der Waals surface area contributed by atoms with Gasteiger partial charge < -0.3 is 10.5 Å². The van der Waals surface area contributed by atoms with Gasteiger partial charge in [0.05, 0.1) is 0 Å². The van der Waals surface area contributed by atoms with Gasteiger partial charge in [0.1, 0.15) is 11.4 Å². The average molecular weight is 257 g/mol. The fraction of sp³-hybridized carbons (Fsp3) is 0.333. The third-order valence-electron chi connectivity index (χ3n) is 2.86. The highest BCUT2D eigenvalue weighted by molar-refractivity contribution is 5.34. The zero-order chi connectivity index (χ0) is 13.9. The summed E-state index contributed by atoms with van der Waals surface area (Å²) in [7, 11) is 0. The van der Waals surface area contributed by atoms with E-state index >= 15 is 0 Å². The van der Waals surface area contributed by atoms with Crippen LogP contribution in [0.4, 0.5) is 0 Å². The number of ether oxygens (including phenoxy) is 1. The summed E-state index contributed by atoms with van der Waals surface area (Å²) < 4.78 is 5.71. The van der Waals surface area contributed by atoms with Crippen molar-refractivity contribution in [2.45, 2.75) is 32.7 Å². The van der Waals surface area contributed by atoms with E-state index < -0.39 is 0 Å².